The van der Waals surface area contributed by atoms with Crippen LogP contribution < -0.4 is 5.32 Å². The second-order valence-corrected chi connectivity index (χ2v) is 7.54. The Hall–Kier alpha value is -3.45. The molecule has 0 bridgehead atoms. The van der Waals surface area contributed by atoms with Gasteiger partial charge in [-0.2, -0.15) is 31.6 Å². The Labute approximate surface area is 182 Å². The van der Waals surface area contributed by atoms with Crippen molar-refractivity contribution < 1.29 is 31.1 Å². The van der Waals surface area contributed by atoms with Crippen molar-refractivity contribution in [1.82, 2.24) is 0 Å². The number of rotatable bonds is 4. The van der Waals surface area contributed by atoms with Crippen molar-refractivity contribution in [1.29, 1.82) is 5.26 Å². The Morgan fingerprint density at radius 2 is 1.34 bits per heavy atom. The van der Waals surface area contributed by atoms with Crippen LogP contribution in [0.1, 0.15) is 27.0 Å². The number of hydrogen-bond acceptors (Lipinski definition) is 3. The molecule has 0 radical (unpaired) electrons. The van der Waals surface area contributed by atoms with E-state index in [0.29, 0.717) is 27.5 Å². The number of alkyl halides is 6. The minimum atomic E-state index is -5.03. The summed E-state index contributed by atoms with van der Waals surface area (Å²) >= 11 is 1.08. The van der Waals surface area contributed by atoms with Gasteiger partial charge in [-0.05, 0) is 42.5 Å². The van der Waals surface area contributed by atoms with E-state index in [9.17, 15) is 36.4 Å². The molecule has 0 aromatic heterocycles. The van der Waals surface area contributed by atoms with Crippen LogP contribution >= 0.6 is 11.8 Å². The molecule has 0 saturated carbocycles. The van der Waals surface area contributed by atoms with Gasteiger partial charge in [0, 0.05) is 15.5 Å². The van der Waals surface area contributed by atoms with Crippen LogP contribution in [-0.2, 0) is 12.4 Å². The lowest BCUT2D eigenvalue weighted by atomic mass is 10.1. The zero-order chi connectivity index (χ0) is 23.5. The normalized spacial score (nSPS) is 11.7. The highest BCUT2D eigenvalue weighted by Gasteiger charge is 2.37. The molecule has 3 aromatic carbocycles. The van der Waals surface area contributed by atoms with E-state index in [1.54, 1.807) is 36.4 Å². The van der Waals surface area contributed by atoms with Gasteiger partial charge in [-0.3, -0.25) is 4.79 Å². The fourth-order valence-electron chi connectivity index (χ4n) is 2.74. The second kappa shape index (κ2) is 8.96. The van der Waals surface area contributed by atoms with E-state index in [1.807, 2.05) is 6.07 Å². The van der Waals surface area contributed by atoms with Crippen LogP contribution in [-0.4, -0.2) is 5.91 Å². The maximum atomic E-state index is 13.1. The van der Waals surface area contributed by atoms with Crippen molar-refractivity contribution in [2.75, 3.05) is 5.32 Å². The minimum absolute atomic E-state index is 0.0156. The van der Waals surface area contributed by atoms with Crippen molar-refractivity contribution >= 4 is 23.4 Å². The van der Waals surface area contributed by atoms with Gasteiger partial charge in [0.15, 0.2) is 0 Å². The van der Waals surface area contributed by atoms with E-state index >= 15 is 0 Å². The number of nitrogens with zero attached hydrogens (tertiary/aromatic N) is 1. The fourth-order valence-corrected chi connectivity index (χ4v) is 3.76. The van der Waals surface area contributed by atoms with Gasteiger partial charge < -0.3 is 5.32 Å². The molecule has 3 rings (SSSR count). The van der Waals surface area contributed by atoms with Crippen molar-refractivity contribution in [2.45, 2.75) is 22.1 Å². The molecule has 1 N–H and O–H groups in total. The number of amides is 1. The zero-order valence-corrected chi connectivity index (χ0v) is 16.7. The van der Waals surface area contributed by atoms with Gasteiger partial charge in [0.05, 0.1) is 22.3 Å². The summed E-state index contributed by atoms with van der Waals surface area (Å²) in [5.74, 6) is -0.894. The summed E-state index contributed by atoms with van der Waals surface area (Å²) in [7, 11) is 0. The van der Waals surface area contributed by atoms with Crippen molar-refractivity contribution in [3.05, 3.63) is 89.0 Å². The van der Waals surface area contributed by atoms with Gasteiger partial charge in [-0.15, -0.1) is 0 Å². The van der Waals surface area contributed by atoms with E-state index in [2.05, 4.69) is 5.32 Å². The van der Waals surface area contributed by atoms with E-state index in [1.165, 1.54) is 12.1 Å². The molecule has 0 atom stereocenters. The number of anilines is 1. The van der Waals surface area contributed by atoms with E-state index in [4.69, 9.17) is 0 Å². The van der Waals surface area contributed by atoms with E-state index in [-0.39, 0.29) is 11.6 Å². The second-order valence-electron chi connectivity index (χ2n) is 6.45. The number of carbonyl (C=O) groups excluding carboxylic acids is 1. The van der Waals surface area contributed by atoms with Gasteiger partial charge in [0.1, 0.15) is 6.07 Å². The summed E-state index contributed by atoms with van der Waals surface area (Å²) in [4.78, 5) is 13.7. The first-order valence-electron chi connectivity index (χ1n) is 8.86. The molecule has 164 valence electrons. The minimum Gasteiger partial charge on any atom is -0.322 e. The Balaban J connectivity index is 1.96. The van der Waals surface area contributed by atoms with Crippen molar-refractivity contribution in [3.8, 4) is 6.07 Å². The van der Waals surface area contributed by atoms with Gasteiger partial charge >= 0.3 is 12.4 Å². The first-order valence-corrected chi connectivity index (χ1v) is 9.67. The van der Waals surface area contributed by atoms with Crippen molar-refractivity contribution in [2.24, 2.45) is 0 Å². The van der Waals surface area contributed by atoms with Crippen LogP contribution in [0.15, 0.2) is 76.5 Å². The summed E-state index contributed by atoms with van der Waals surface area (Å²) in [5, 5.41) is 11.3. The predicted octanol–water partition coefficient (Wildman–Crippen LogP) is 7.00. The monoisotopic (exact) mass is 466 g/mol. The third-order valence-corrected chi connectivity index (χ3v) is 5.36. The molecule has 1 amide bonds. The molecule has 0 aliphatic carbocycles. The fraction of sp³-hybridized carbons (Fsp3) is 0.0909. The number of halogens is 6. The maximum absolute atomic E-state index is 13.1. The number of benzene rings is 3. The lowest BCUT2D eigenvalue weighted by Gasteiger charge is -2.15. The Kier molecular flexibility index (Phi) is 6.50. The van der Waals surface area contributed by atoms with Crippen LogP contribution in [0.5, 0.6) is 0 Å². The maximum Gasteiger partial charge on any atom is 0.416 e. The smallest absolute Gasteiger partial charge is 0.322 e. The van der Waals surface area contributed by atoms with Gasteiger partial charge in [-0.1, -0.05) is 36.0 Å². The van der Waals surface area contributed by atoms with Crippen molar-refractivity contribution in [3.63, 3.8) is 0 Å². The molecule has 0 unspecified atom stereocenters. The molecule has 0 aliphatic rings. The molecule has 0 spiro atoms. The molecule has 32 heavy (non-hydrogen) atoms. The average molecular weight is 466 g/mol. The summed E-state index contributed by atoms with van der Waals surface area (Å²) in [6.07, 6.45) is -10.1. The summed E-state index contributed by atoms with van der Waals surface area (Å²) in [6, 6.07) is 15.5. The third kappa shape index (κ3) is 5.42. The molecule has 3 aromatic rings. The van der Waals surface area contributed by atoms with Crippen LogP contribution in [0, 0.1) is 11.3 Å². The first-order chi connectivity index (χ1) is 15.0. The SMILES string of the molecule is N#Cc1ccccc1Sc1ccccc1C(=O)Nc1cc(C(F)(F)F)cc(C(F)(F)F)c1. The topological polar surface area (TPSA) is 52.9 Å². The quantitative estimate of drug-likeness (QED) is 0.421. The highest BCUT2D eigenvalue weighted by molar-refractivity contribution is 7.99. The number of nitrogens with one attached hydrogen (secondary N) is 1. The first kappa shape index (κ1) is 23.2. The predicted molar refractivity (Wildman–Crippen MR) is 106 cm³/mol. The molecule has 3 nitrogen and oxygen atoms in total. The molecular formula is C22H12F6N2OS. The summed E-state index contributed by atoms with van der Waals surface area (Å²) in [6.45, 7) is 0. The molecule has 10 heteroatoms. The largest absolute Gasteiger partial charge is 0.416 e. The van der Waals surface area contributed by atoms with Crippen LogP contribution in [0.25, 0.3) is 0 Å². The lowest BCUT2D eigenvalue weighted by molar-refractivity contribution is -0.143. The van der Waals surface area contributed by atoms with Crippen LogP contribution in [0.3, 0.4) is 0 Å². The van der Waals surface area contributed by atoms with Gasteiger partial charge in [0.25, 0.3) is 5.91 Å². The Morgan fingerprint density at radius 3 is 1.91 bits per heavy atom. The Bertz CT molecular complexity index is 1170. The van der Waals surface area contributed by atoms with Gasteiger partial charge in [0.2, 0.25) is 0 Å². The molecule has 0 heterocycles. The molecule has 0 fully saturated rings. The average Bonchev–Trinajstić information content (AvgIpc) is 2.73. The molecule has 0 aliphatic heterocycles. The van der Waals surface area contributed by atoms with Gasteiger partial charge in [-0.25, -0.2) is 0 Å². The summed E-state index contributed by atoms with van der Waals surface area (Å²) in [5.41, 5.74) is -3.34. The standard InChI is InChI=1S/C22H12F6N2OS/c23-21(24,25)14-9-15(22(26,27)28)11-16(10-14)30-20(31)17-6-2-4-8-19(17)32-18-7-3-1-5-13(18)12-29/h1-11H,(H,30,31). The molecular weight excluding hydrogens is 454 g/mol. The van der Waals surface area contributed by atoms with E-state index in [0.717, 1.165) is 11.8 Å². The van der Waals surface area contributed by atoms with Crippen LogP contribution in [0.4, 0.5) is 32.0 Å². The highest BCUT2D eigenvalue weighted by atomic mass is 32.2. The molecule has 0 saturated heterocycles. The van der Waals surface area contributed by atoms with Crippen LogP contribution in [0.2, 0.25) is 0 Å². The third-order valence-electron chi connectivity index (χ3n) is 4.20. The lowest BCUT2D eigenvalue weighted by Crippen LogP contribution is -2.16. The number of carbonyl (C=O) groups is 1. The number of hydrogen-bond donors (Lipinski definition) is 1. The summed E-state index contributed by atoms with van der Waals surface area (Å²) < 4.78 is 78.4. The van der Waals surface area contributed by atoms with E-state index < -0.39 is 35.1 Å². The Morgan fingerprint density at radius 1 is 0.812 bits per heavy atom. The number of nitriles is 1. The highest BCUT2D eigenvalue weighted by Crippen LogP contribution is 2.38. The zero-order valence-electron chi connectivity index (χ0n) is 15.9.